The van der Waals surface area contributed by atoms with Crippen molar-refractivity contribution in [1.82, 2.24) is 24.5 Å². The lowest BCUT2D eigenvalue weighted by Crippen LogP contribution is -2.35. The van der Waals surface area contributed by atoms with E-state index in [4.69, 9.17) is 0 Å². The van der Waals surface area contributed by atoms with Crippen LogP contribution in [0.15, 0.2) is 28.3 Å². The largest absolute Gasteiger partial charge is 0.311 e. The van der Waals surface area contributed by atoms with Crippen LogP contribution >= 0.6 is 11.8 Å². The minimum absolute atomic E-state index is 0.0246. The molecule has 1 fully saturated rings. The van der Waals surface area contributed by atoms with E-state index in [1.54, 1.807) is 27.8 Å². The van der Waals surface area contributed by atoms with Crippen LogP contribution in [0, 0.1) is 0 Å². The summed E-state index contributed by atoms with van der Waals surface area (Å²) in [6, 6.07) is 5.41. The third kappa shape index (κ3) is 3.85. The molecule has 0 bridgehead atoms. The summed E-state index contributed by atoms with van der Waals surface area (Å²) in [4.78, 5) is 15.1. The molecule has 1 atom stereocenters. The average molecular weight is 451 g/mol. The Morgan fingerprint density at radius 1 is 1.30 bits per heavy atom. The number of carbonyl (C=O) groups excluding carboxylic acids is 1. The normalized spacial score (nSPS) is 17.4. The van der Waals surface area contributed by atoms with E-state index in [2.05, 4.69) is 15.5 Å². The van der Waals surface area contributed by atoms with Crippen molar-refractivity contribution in [2.24, 2.45) is 0 Å². The first-order valence-electron chi connectivity index (χ1n) is 10.3. The standard InChI is InChI=1S/C19H26N6O3S2/c1-4-23(5-2)30(27,28)16-8-9-17-14(12-16)10-11-24(17)18(26)13(3)29-19-20-21-22-25(19)15-6-7-15/h8-9,12-13,15H,4-7,10-11H2,1-3H3. The number of thioether (sulfide) groups is 1. The van der Waals surface area contributed by atoms with Gasteiger partial charge in [0.1, 0.15) is 0 Å². The van der Waals surface area contributed by atoms with Crippen molar-refractivity contribution >= 4 is 33.4 Å². The van der Waals surface area contributed by atoms with E-state index in [-0.39, 0.29) is 16.1 Å². The number of aromatic nitrogens is 4. The number of benzene rings is 1. The molecule has 2 aromatic rings. The third-order valence-corrected chi connectivity index (χ3v) is 8.62. The second-order valence-corrected chi connectivity index (χ2v) is 10.8. The minimum Gasteiger partial charge on any atom is -0.311 e. The van der Waals surface area contributed by atoms with Gasteiger partial charge < -0.3 is 4.90 Å². The van der Waals surface area contributed by atoms with Crippen LogP contribution in [0.2, 0.25) is 0 Å². The predicted octanol–water partition coefficient (Wildman–Crippen LogP) is 2.11. The van der Waals surface area contributed by atoms with Gasteiger partial charge in [-0.2, -0.15) is 4.31 Å². The van der Waals surface area contributed by atoms with Crippen LogP contribution in [0.4, 0.5) is 5.69 Å². The molecule has 162 valence electrons. The molecule has 0 N–H and O–H groups in total. The van der Waals surface area contributed by atoms with Gasteiger partial charge >= 0.3 is 0 Å². The van der Waals surface area contributed by atoms with E-state index in [0.29, 0.717) is 37.3 Å². The first-order chi connectivity index (χ1) is 14.4. The van der Waals surface area contributed by atoms with Crippen LogP contribution in [0.3, 0.4) is 0 Å². The lowest BCUT2D eigenvalue weighted by atomic mass is 10.2. The second-order valence-electron chi connectivity index (χ2n) is 7.52. The Balaban J connectivity index is 1.51. The Bertz CT molecular complexity index is 1050. The van der Waals surface area contributed by atoms with Crippen molar-refractivity contribution in [3.05, 3.63) is 23.8 Å². The van der Waals surface area contributed by atoms with E-state index in [1.807, 2.05) is 20.8 Å². The maximum atomic E-state index is 13.1. The molecule has 1 aromatic carbocycles. The average Bonchev–Trinajstić information content (AvgIpc) is 3.32. The summed E-state index contributed by atoms with van der Waals surface area (Å²) in [5.74, 6) is -0.0246. The van der Waals surface area contributed by atoms with E-state index in [1.165, 1.54) is 16.1 Å². The van der Waals surface area contributed by atoms with Crippen LogP contribution in [-0.2, 0) is 21.2 Å². The minimum atomic E-state index is -3.52. The molecule has 1 aliphatic heterocycles. The smallest absolute Gasteiger partial charge is 0.243 e. The molecule has 2 aliphatic rings. The molecular weight excluding hydrogens is 424 g/mol. The lowest BCUT2D eigenvalue weighted by molar-refractivity contribution is -0.117. The molecule has 2 heterocycles. The molecule has 30 heavy (non-hydrogen) atoms. The van der Waals surface area contributed by atoms with E-state index >= 15 is 0 Å². The molecule has 1 unspecified atom stereocenters. The van der Waals surface area contributed by atoms with Crippen molar-refractivity contribution in [2.75, 3.05) is 24.5 Å². The number of carbonyl (C=O) groups is 1. The third-order valence-electron chi connectivity index (χ3n) is 5.54. The van der Waals surface area contributed by atoms with Gasteiger partial charge in [0, 0.05) is 25.3 Å². The fourth-order valence-electron chi connectivity index (χ4n) is 3.72. The monoisotopic (exact) mass is 450 g/mol. The highest BCUT2D eigenvalue weighted by Gasteiger charge is 2.33. The van der Waals surface area contributed by atoms with Gasteiger partial charge in [-0.1, -0.05) is 25.6 Å². The molecule has 0 radical (unpaired) electrons. The number of anilines is 1. The molecule has 9 nitrogen and oxygen atoms in total. The quantitative estimate of drug-likeness (QED) is 0.568. The molecule has 4 rings (SSSR count). The Morgan fingerprint density at radius 3 is 2.70 bits per heavy atom. The Morgan fingerprint density at radius 2 is 2.03 bits per heavy atom. The van der Waals surface area contributed by atoms with Crippen molar-refractivity contribution in [3.8, 4) is 0 Å². The zero-order valence-electron chi connectivity index (χ0n) is 17.4. The number of amides is 1. The van der Waals surface area contributed by atoms with Gasteiger partial charge in [0.2, 0.25) is 21.1 Å². The Hall–Kier alpha value is -1.98. The summed E-state index contributed by atoms with van der Waals surface area (Å²) in [5, 5.41) is 12.2. The highest BCUT2D eigenvalue weighted by molar-refractivity contribution is 8.00. The number of hydrogen-bond acceptors (Lipinski definition) is 7. The van der Waals surface area contributed by atoms with E-state index < -0.39 is 10.0 Å². The summed E-state index contributed by atoms with van der Waals surface area (Å²) in [6.45, 7) is 6.91. The van der Waals surface area contributed by atoms with Gasteiger partial charge in [-0.25, -0.2) is 13.1 Å². The van der Waals surface area contributed by atoms with E-state index in [0.717, 1.165) is 24.1 Å². The summed E-state index contributed by atoms with van der Waals surface area (Å²) in [5.41, 5.74) is 1.67. The molecule has 0 spiro atoms. The number of nitrogens with zero attached hydrogens (tertiary/aromatic N) is 6. The molecule has 1 aliphatic carbocycles. The number of sulfonamides is 1. The molecule has 1 aromatic heterocycles. The maximum absolute atomic E-state index is 13.1. The van der Waals surface area contributed by atoms with Crippen molar-refractivity contribution < 1.29 is 13.2 Å². The van der Waals surface area contributed by atoms with E-state index in [9.17, 15) is 13.2 Å². The highest BCUT2D eigenvalue weighted by atomic mass is 32.2. The van der Waals surface area contributed by atoms with Gasteiger partial charge in [0.15, 0.2) is 0 Å². The van der Waals surface area contributed by atoms with Crippen molar-refractivity contribution in [2.45, 2.75) is 61.4 Å². The number of tetrazole rings is 1. The summed E-state index contributed by atoms with van der Waals surface area (Å²) in [7, 11) is -3.52. The fraction of sp³-hybridized carbons (Fsp3) is 0.579. The summed E-state index contributed by atoms with van der Waals surface area (Å²) >= 11 is 1.37. The van der Waals surface area contributed by atoms with Crippen LogP contribution in [0.1, 0.15) is 45.2 Å². The van der Waals surface area contributed by atoms with Gasteiger partial charge in [0.25, 0.3) is 0 Å². The molecule has 1 saturated carbocycles. The molecular formula is C19H26N6O3S2. The maximum Gasteiger partial charge on any atom is 0.243 e. The first kappa shape index (κ1) is 21.3. The SMILES string of the molecule is CCN(CC)S(=O)(=O)c1ccc2c(c1)CCN2C(=O)C(C)Sc1nnnn1C1CC1. The number of hydrogen-bond donors (Lipinski definition) is 0. The number of rotatable bonds is 8. The summed E-state index contributed by atoms with van der Waals surface area (Å²) < 4.78 is 28.9. The predicted molar refractivity (Wildman–Crippen MR) is 114 cm³/mol. The topological polar surface area (TPSA) is 101 Å². The zero-order valence-corrected chi connectivity index (χ0v) is 19.0. The Labute approximate surface area is 180 Å². The van der Waals surface area contributed by atoms with Gasteiger partial charge in [-0.05, 0) is 60.4 Å². The van der Waals surface area contributed by atoms with Crippen molar-refractivity contribution in [1.29, 1.82) is 0 Å². The van der Waals surface area contributed by atoms with Gasteiger partial charge in [-0.3, -0.25) is 4.79 Å². The zero-order chi connectivity index (χ0) is 21.5. The highest BCUT2D eigenvalue weighted by Crippen LogP contribution is 2.38. The lowest BCUT2D eigenvalue weighted by Gasteiger charge is -2.22. The first-order valence-corrected chi connectivity index (χ1v) is 12.6. The number of fused-ring (bicyclic) bond motifs is 1. The molecule has 0 saturated heterocycles. The Kier molecular flexibility index (Phi) is 5.86. The van der Waals surface area contributed by atoms with Crippen LogP contribution in [0.25, 0.3) is 0 Å². The molecule has 1 amide bonds. The van der Waals surface area contributed by atoms with Gasteiger partial charge in [-0.15, -0.1) is 5.10 Å². The molecule has 11 heteroatoms. The van der Waals surface area contributed by atoms with Gasteiger partial charge in [0.05, 0.1) is 16.2 Å². The summed E-state index contributed by atoms with van der Waals surface area (Å²) in [6.07, 6.45) is 2.78. The second kappa shape index (κ2) is 8.27. The van der Waals surface area contributed by atoms with Crippen LogP contribution in [0.5, 0.6) is 0 Å². The van der Waals surface area contributed by atoms with Crippen molar-refractivity contribution in [3.63, 3.8) is 0 Å². The fourth-order valence-corrected chi connectivity index (χ4v) is 6.15. The van der Waals surface area contributed by atoms with Crippen LogP contribution in [-0.4, -0.2) is 63.7 Å². The van der Waals surface area contributed by atoms with Crippen LogP contribution < -0.4 is 4.90 Å².